The highest BCUT2D eigenvalue weighted by molar-refractivity contribution is 5.82. The molecule has 0 radical (unpaired) electrons. The monoisotopic (exact) mass is 224 g/mol. The summed E-state index contributed by atoms with van der Waals surface area (Å²) in [6, 6.07) is 0.608. The zero-order valence-electron chi connectivity index (χ0n) is 10.4. The molecule has 0 saturated carbocycles. The maximum Gasteiger partial charge on any atom is 0.239 e. The standard InChI is InChI=1S/C13H24N2O/c1-11-7-6-8-12(14-11)13(16)15-9-4-2-3-5-10-15/h11-12,14H,2-10H2,1H3/t11-,12-/m1/s1. The normalized spacial score (nSPS) is 32.2. The lowest BCUT2D eigenvalue weighted by molar-refractivity contribution is -0.134. The summed E-state index contributed by atoms with van der Waals surface area (Å²) in [4.78, 5) is 14.4. The maximum atomic E-state index is 12.3. The van der Waals surface area contributed by atoms with E-state index in [9.17, 15) is 4.79 Å². The van der Waals surface area contributed by atoms with E-state index in [0.717, 1.165) is 19.5 Å². The summed E-state index contributed by atoms with van der Waals surface area (Å²) in [6.07, 6.45) is 8.39. The first kappa shape index (κ1) is 11.9. The van der Waals surface area contributed by atoms with E-state index in [2.05, 4.69) is 17.1 Å². The van der Waals surface area contributed by atoms with E-state index >= 15 is 0 Å². The number of carbonyl (C=O) groups is 1. The van der Waals surface area contributed by atoms with Crippen LogP contribution < -0.4 is 5.32 Å². The van der Waals surface area contributed by atoms with E-state index < -0.39 is 0 Å². The van der Waals surface area contributed by atoms with Crippen molar-refractivity contribution in [1.82, 2.24) is 10.2 Å². The first-order chi connectivity index (χ1) is 7.77. The van der Waals surface area contributed by atoms with E-state index in [0.29, 0.717) is 11.9 Å². The van der Waals surface area contributed by atoms with Gasteiger partial charge in [-0.25, -0.2) is 0 Å². The lowest BCUT2D eigenvalue weighted by Gasteiger charge is -2.32. The van der Waals surface area contributed by atoms with Crippen LogP contribution in [0.2, 0.25) is 0 Å². The van der Waals surface area contributed by atoms with E-state index in [1.165, 1.54) is 38.5 Å². The Bertz CT molecular complexity index is 230. The number of nitrogens with zero attached hydrogens (tertiary/aromatic N) is 1. The van der Waals surface area contributed by atoms with Gasteiger partial charge in [-0.1, -0.05) is 12.8 Å². The smallest absolute Gasteiger partial charge is 0.239 e. The molecule has 0 aromatic carbocycles. The molecule has 2 atom stereocenters. The van der Waals surface area contributed by atoms with Crippen LogP contribution in [0.15, 0.2) is 0 Å². The largest absolute Gasteiger partial charge is 0.341 e. The molecule has 2 saturated heterocycles. The number of likely N-dealkylation sites (tertiary alicyclic amines) is 1. The number of hydrogen-bond donors (Lipinski definition) is 1. The molecule has 0 aromatic heterocycles. The van der Waals surface area contributed by atoms with Gasteiger partial charge < -0.3 is 10.2 Å². The zero-order valence-corrected chi connectivity index (χ0v) is 10.4. The van der Waals surface area contributed by atoms with Crippen molar-refractivity contribution >= 4 is 5.91 Å². The Balaban J connectivity index is 1.89. The SMILES string of the molecule is C[C@@H]1CCC[C@H](C(=O)N2CCCCCC2)N1. The first-order valence-corrected chi connectivity index (χ1v) is 6.82. The summed E-state index contributed by atoms with van der Waals surface area (Å²) in [5.41, 5.74) is 0. The first-order valence-electron chi connectivity index (χ1n) is 6.82. The average Bonchev–Trinajstić information content (AvgIpc) is 2.56. The van der Waals surface area contributed by atoms with Crippen molar-refractivity contribution < 1.29 is 4.79 Å². The van der Waals surface area contributed by atoms with Gasteiger partial charge >= 0.3 is 0 Å². The van der Waals surface area contributed by atoms with Crippen molar-refractivity contribution in [1.29, 1.82) is 0 Å². The van der Waals surface area contributed by atoms with E-state index in [1.54, 1.807) is 0 Å². The highest BCUT2D eigenvalue weighted by Gasteiger charge is 2.28. The lowest BCUT2D eigenvalue weighted by atomic mass is 9.98. The van der Waals surface area contributed by atoms with Gasteiger partial charge in [-0.15, -0.1) is 0 Å². The highest BCUT2D eigenvalue weighted by atomic mass is 16.2. The Kier molecular flexibility index (Phi) is 4.22. The fraction of sp³-hybridized carbons (Fsp3) is 0.923. The molecule has 2 aliphatic heterocycles. The Hall–Kier alpha value is -0.570. The number of carbonyl (C=O) groups excluding carboxylic acids is 1. The molecule has 2 fully saturated rings. The molecule has 16 heavy (non-hydrogen) atoms. The number of piperidine rings is 1. The molecule has 0 aromatic rings. The molecule has 2 heterocycles. The third kappa shape index (κ3) is 2.97. The number of rotatable bonds is 1. The van der Waals surface area contributed by atoms with Gasteiger partial charge in [0.1, 0.15) is 0 Å². The van der Waals surface area contributed by atoms with E-state index in [-0.39, 0.29) is 6.04 Å². The molecule has 3 nitrogen and oxygen atoms in total. The third-order valence-corrected chi connectivity index (χ3v) is 3.83. The van der Waals surface area contributed by atoms with E-state index in [1.807, 2.05) is 0 Å². The van der Waals surface area contributed by atoms with Crippen molar-refractivity contribution in [2.24, 2.45) is 0 Å². The Morgan fingerprint density at radius 1 is 1.06 bits per heavy atom. The summed E-state index contributed by atoms with van der Waals surface area (Å²) < 4.78 is 0. The van der Waals surface area contributed by atoms with Crippen LogP contribution in [0.1, 0.15) is 51.9 Å². The molecule has 2 rings (SSSR count). The van der Waals surface area contributed by atoms with Gasteiger partial charge in [-0.05, 0) is 39.0 Å². The fourth-order valence-corrected chi connectivity index (χ4v) is 2.84. The van der Waals surface area contributed by atoms with Gasteiger partial charge in [0.05, 0.1) is 6.04 Å². The average molecular weight is 224 g/mol. The van der Waals surface area contributed by atoms with Crippen molar-refractivity contribution in [2.75, 3.05) is 13.1 Å². The van der Waals surface area contributed by atoms with Crippen LogP contribution in [0.25, 0.3) is 0 Å². The lowest BCUT2D eigenvalue weighted by Crippen LogP contribution is -2.51. The quantitative estimate of drug-likeness (QED) is 0.738. The topological polar surface area (TPSA) is 32.3 Å². The van der Waals surface area contributed by atoms with E-state index in [4.69, 9.17) is 0 Å². The molecule has 0 spiro atoms. The minimum atomic E-state index is 0.0989. The van der Waals surface area contributed by atoms with Crippen LogP contribution in [-0.2, 0) is 4.79 Å². The predicted octanol–water partition coefficient (Wildman–Crippen LogP) is 1.92. The van der Waals surface area contributed by atoms with Crippen LogP contribution in [0.5, 0.6) is 0 Å². The minimum absolute atomic E-state index is 0.0989. The Morgan fingerprint density at radius 3 is 2.38 bits per heavy atom. The van der Waals surface area contributed by atoms with Gasteiger partial charge in [-0.2, -0.15) is 0 Å². The molecule has 1 N–H and O–H groups in total. The molecule has 2 aliphatic rings. The summed E-state index contributed by atoms with van der Waals surface area (Å²) in [5.74, 6) is 0.355. The minimum Gasteiger partial charge on any atom is -0.341 e. The van der Waals surface area contributed by atoms with Gasteiger partial charge in [-0.3, -0.25) is 4.79 Å². The second-order valence-electron chi connectivity index (χ2n) is 5.29. The summed E-state index contributed by atoms with van der Waals surface area (Å²) in [6.45, 7) is 4.14. The van der Waals surface area contributed by atoms with Crippen LogP contribution in [-0.4, -0.2) is 36.0 Å². The van der Waals surface area contributed by atoms with Gasteiger partial charge in [0.2, 0.25) is 5.91 Å². The fourth-order valence-electron chi connectivity index (χ4n) is 2.84. The number of amides is 1. The Morgan fingerprint density at radius 2 is 1.75 bits per heavy atom. The van der Waals surface area contributed by atoms with Gasteiger partial charge in [0, 0.05) is 19.1 Å². The third-order valence-electron chi connectivity index (χ3n) is 3.83. The second kappa shape index (κ2) is 5.67. The van der Waals surface area contributed by atoms with Crippen LogP contribution >= 0.6 is 0 Å². The molecule has 0 bridgehead atoms. The summed E-state index contributed by atoms with van der Waals surface area (Å²) in [7, 11) is 0. The van der Waals surface area contributed by atoms with Crippen LogP contribution in [0.3, 0.4) is 0 Å². The Labute approximate surface area is 98.6 Å². The van der Waals surface area contributed by atoms with Crippen molar-refractivity contribution in [3.8, 4) is 0 Å². The van der Waals surface area contributed by atoms with Gasteiger partial charge in [0.15, 0.2) is 0 Å². The summed E-state index contributed by atoms with van der Waals surface area (Å²) >= 11 is 0. The number of nitrogens with one attached hydrogen (secondary N) is 1. The molecule has 3 heteroatoms. The molecule has 0 unspecified atom stereocenters. The van der Waals surface area contributed by atoms with Crippen molar-refractivity contribution in [3.63, 3.8) is 0 Å². The highest BCUT2D eigenvalue weighted by Crippen LogP contribution is 2.17. The molecule has 92 valence electrons. The zero-order chi connectivity index (χ0) is 11.4. The number of hydrogen-bond acceptors (Lipinski definition) is 2. The molecular formula is C13H24N2O. The predicted molar refractivity (Wildman–Crippen MR) is 65.3 cm³/mol. The summed E-state index contributed by atoms with van der Waals surface area (Å²) in [5, 5.41) is 3.44. The van der Waals surface area contributed by atoms with Crippen molar-refractivity contribution in [3.05, 3.63) is 0 Å². The maximum absolute atomic E-state index is 12.3. The van der Waals surface area contributed by atoms with Crippen LogP contribution in [0, 0.1) is 0 Å². The second-order valence-corrected chi connectivity index (χ2v) is 5.29. The van der Waals surface area contributed by atoms with Gasteiger partial charge in [0.25, 0.3) is 0 Å². The van der Waals surface area contributed by atoms with Crippen molar-refractivity contribution in [2.45, 2.75) is 64.0 Å². The molecule has 1 amide bonds. The van der Waals surface area contributed by atoms with Crippen LogP contribution in [0.4, 0.5) is 0 Å². The molecule has 0 aliphatic carbocycles. The molecular weight excluding hydrogens is 200 g/mol.